The Kier molecular flexibility index (Phi) is 3.97. The molecule has 0 saturated carbocycles. The van der Waals surface area contributed by atoms with Crippen molar-refractivity contribution in [1.29, 1.82) is 0 Å². The van der Waals surface area contributed by atoms with Crippen LogP contribution in [0.2, 0.25) is 0 Å². The molecule has 3 nitrogen and oxygen atoms in total. The first-order chi connectivity index (χ1) is 6.93. The third-order valence-corrected chi connectivity index (χ3v) is 2.60. The summed E-state index contributed by atoms with van der Waals surface area (Å²) < 4.78 is 42.3. The molecule has 1 atom stereocenters. The van der Waals surface area contributed by atoms with Crippen LogP contribution in [0.3, 0.4) is 0 Å². The molecule has 90 valence electrons. The van der Waals surface area contributed by atoms with Gasteiger partial charge in [0.1, 0.15) is 0 Å². The maximum atomic E-state index is 11.1. The summed E-state index contributed by atoms with van der Waals surface area (Å²) in [4.78, 5) is 0. The monoisotopic (exact) mass is 228 g/mol. The highest BCUT2D eigenvalue weighted by molar-refractivity contribution is 4.82. The van der Waals surface area contributed by atoms with Crippen molar-refractivity contribution in [3.05, 3.63) is 0 Å². The van der Waals surface area contributed by atoms with Crippen LogP contribution in [0.4, 0.5) is 13.2 Å². The molecule has 15 heavy (non-hydrogen) atoms. The number of halogens is 3. The van der Waals surface area contributed by atoms with Gasteiger partial charge in [0.05, 0.1) is 26.4 Å². The third-order valence-electron chi connectivity index (χ3n) is 2.60. The zero-order chi connectivity index (χ0) is 11.5. The van der Waals surface area contributed by atoms with E-state index in [2.05, 4.69) is 11.7 Å². The molecule has 6 heteroatoms. The van der Waals surface area contributed by atoms with Gasteiger partial charge in [0.25, 0.3) is 0 Å². The summed E-state index contributed by atoms with van der Waals surface area (Å²) in [5, 5.41) is 8.76. The highest BCUT2D eigenvalue weighted by Gasteiger charge is 2.49. The summed E-state index contributed by atoms with van der Waals surface area (Å²) in [6.07, 6.45) is -4.53. The van der Waals surface area contributed by atoms with Crippen LogP contribution in [0.1, 0.15) is 13.3 Å². The molecule has 0 aromatic heterocycles. The number of aliphatic hydroxyl groups is 1. The Balaban J connectivity index is 0.000000151. The standard InChI is InChI=1S/C6H12O2.C3H3F3O/c1-2-6(3-7)4-8-5-6;4-3(5,6)2-1-7-2/h7H,2-5H2,1H3;2H,1H2. The van der Waals surface area contributed by atoms with Crippen LogP contribution in [0.15, 0.2) is 0 Å². The van der Waals surface area contributed by atoms with Gasteiger partial charge in [-0.15, -0.1) is 0 Å². The summed E-state index contributed by atoms with van der Waals surface area (Å²) in [7, 11) is 0. The van der Waals surface area contributed by atoms with E-state index in [1.165, 1.54) is 0 Å². The first-order valence-corrected chi connectivity index (χ1v) is 4.80. The van der Waals surface area contributed by atoms with Gasteiger partial charge in [-0.3, -0.25) is 0 Å². The minimum atomic E-state index is -4.11. The van der Waals surface area contributed by atoms with E-state index in [1.807, 2.05) is 0 Å². The minimum Gasteiger partial charge on any atom is -0.396 e. The van der Waals surface area contributed by atoms with E-state index in [1.54, 1.807) is 0 Å². The van der Waals surface area contributed by atoms with Gasteiger partial charge in [0.15, 0.2) is 6.10 Å². The lowest BCUT2D eigenvalue weighted by molar-refractivity contribution is -0.146. The summed E-state index contributed by atoms with van der Waals surface area (Å²) in [6, 6.07) is 0. The number of hydrogen-bond donors (Lipinski definition) is 1. The summed E-state index contributed by atoms with van der Waals surface area (Å²) in [5.41, 5.74) is 0.139. The molecular weight excluding hydrogens is 213 g/mol. The van der Waals surface area contributed by atoms with Gasteiger partial charge < -0.3 is 14.6 Å². The van der Waals surface area contributed by atoms with E-state index in [0.717, 1.165) is 19.6 Å². The smallest absolute Gasteiger partial charge is 0.396 e. The van der Waals surface area contributed by atoms with Crippen molar-refractivity contribution in [2.24, 2.45) is 5.41 Å². The lowest BCUT2D eigenvalue weighted by atomic mass is 9.84. The van der Waals surface area contributed by atoms with Crippen molar-refractivity contribution >= 4 is 0 Å². The quantitative estimate of drug-likeness (QED) is 0.725. The summed E-state index contributed by atoms with van der Waals surface area (Å²) >= 11 is 0. The Morgan fingerprint density at radius 3 is 1.93 bits per heavy atom. The van der Waals surface area contributed by atoms with Crippen LogP contribution in [-0.4, -0.2) is 43.8 Å². The normalized spacial score (nSPS) is 27.4. The molecule has 2 rings (SSSR count). The minimum absolute atomic E-state index is 0.139. The molecule has 2 aliphatic heterocycles. The summed E-state index contributed by atoms with van der Waals surface area (Å²) in [5.74, 6) is 0. The molecule has 0 radical (unpaired) electrons. The lowest BCUT2D eigenvalue weighted by Gasteiger charge is -2.38. The first kappa shape index (κ1) is 12.7. The van der Waals surface area contributed by atoms with Crippen LogP contribution in [0.5, 0.6) is 0 Å². The molecule has 2 fully saturated rings. The van der Waals surface area contributed by atoms with E-state index in [0.29, 0.717) is 0 Å². The Morgan fingerprint density at radius 1 is 1.40 bits per heavy atom. The highest BCUT2D eigenvalue weighted by Crippen LogP contribution is 2.30. The van der Waals surface area contributed by atoms with Gasteiger partial charge in [-0.1, -0.05) is 6.92 Å². The number of aliphatic hydroxyl groups excluding tert-OH is 1. The van der Waals surface area contributed by atoms with E-state index < -0.39 is 12.3 Å². The van der Waals surface area contributed by atoms with Crippen molar-refractivity contribution in [2.45, 2.75) is 25.6 Å². The number of ether oxygens (including phenoxy) is 2. The van der Waals surface area contributed by atoms with Crippen LogP contribution < -0.4 is 0 Å². The predicted octanol–water partition coefficient (Wildman–Crippen LogP) is 1.35. The molecule has 2 aliphatic rings. The van der Waals surface area contributed by atoms with Gasteiger partial charge in [0.2, 0.25) is 0 Å². The van der Waals surface area contributed by atoms with Crippen molar-refractivity contribution in [3.8, 4) is 0 Å². The van der Waals surface area contributed by atoms with Crippen molar-refractivity contribution in [1.82, 2.24) is 0 Å². The number of alkyl halides is 3. The third kappa shape index (κ3) is 3.62. The zero-order valence-corrected chi connectivity index (χ0v) is 8.51. The van der Waals surface area contributed by atoms with Crippen LogP contribution in [0, 0.1) is 5.41 Å². The lowest BCUT2D eigenvalue weighted by Crippen LogP contribution is -2.44. The fourth-order valence-corrected chi connectivity index (χ4v) is 1.04. The Hall–Kier alpha value is -0.330. The van der Waals surface area contributed by atoms with Gasteiger partial charge in [-0.25, -0.2) is 0 Å². The van der Waals surface area contributed by atoms with E-state index in [4.69, 9.17) is 9.84 Å². The molecule has 0 spiro atoms. The van der Waals surface area contributed by atoms with Gasteiger partial charge in [-0.05, 0) is 6.42 Å². The largest absolute Gasteiger partial charge is 0.416 e. The number of rotatable bonds is 2. The van der Waals surface area contributed by atoms with Crippen molar-refractivity contribution in [2.75, 3.05) is 26.4 Å². The van der Waals surface area contributed by atoms with E-state index >= 15 is 0 Å². The molecule has 0 aromatic carbocycles. The number of epoxide rings is 1. The molecule has 0 amide bonds. The fourth-order valence-electron chi connectivity index (χ4n) is 1.04. The van der Waals surface area contributed by atoms with Crippen molar-refractivity contribution in [3.63, 3.8) is 0 Å². The molecular formula is C9H15F3O3. The molecule has 1 unspecified atom stereocenters. The van der Waals surface area contributed by atoms with Gasteiger partial charge in [0, 0.05) is 5.41 Å². The maximum Gasteiger partial charge on any atom is 0.416 e. The molecule has 0 aromatic rings. The average Bonchev–Trinajstić information content (AvgIpc) is 2.85. The van der Waals surface area contributed by atoms with Crippen molar-refractivity contribution < 1.29 is 27.8 Å². The molecule has 2 heterocycles. The second-order valence-electron chi connectivity index (χ2n) is 3.87. The SMILES string of the molecule is CCC1(CO)COC1.FC(F)(F)C1CO1. The fraction of sp³-hybridized carbons (Fsp3) is 1.00. The van der Waals surface area contributed by atoms with Crippen LogP contribution in [-0.2, 0) is 9.47 Å². The first-order valence-electron chi connectivity index (χ1n) is 4.80. The van der Waals surface area contributed by atoms with Crippen LogP contribution >= 0.6 is 0 Å². The molecule has 1 N–H and O–H groups in total. The molecule has 2 saturated heterocycles. The Morgan fingerprint density at radius 2 is 1.93 bits per heavy atom. The zero-order valence-electron chi connectivity index (χ0n) is 8.51. The summed E-state index contributed by atoms with van der Waals surface area (Å²) in [6.45, 7) is 3.71. The number of hydrogen-bond acceptors (Lipinski definition) is 3. The second kappa shape index (κ2) is 4.67. The van der Waals surface area contributed by atoms with E-state index in [-0.39, 0.29) is 18.6 Å². The Labute approximate surface area is 86.2 Å². The van der Waals surface area contributed by atoms with Gasteiger partial charge in [-0.2, -0.15) is 13.2 Å². The molecule has 0 aliphatic carbocycles. The van der Waals surface area contributed by atoms with Gasteiger partial charge >= 0.3 is 6.18 Å². The maximum absolute atomic E-state index is 11.1. The second-order valence-corrected chi connectivity index (χ2v) is 3.87. The average molecular weight is 228 g/mol. The molecule has 0 bridgehead atoms. The highest BCUT2D eigenvalue weighted by atomic mass is 19.4. The van der Waals surface area contributed by atoms with E-state index in [9.17, 15) is 13.2 Å². The Bertz CT molecular complexity index is 184. The topological polar surface area (TPSA) is 42.0 Å². The predicted molar refractivity (Wildman–Crippen MR) is 46.4 cm³/mol. The van der Waals surface area contributed by atoms with Crippen LogP contribution in [0.25, 0.3) is 0 Å².